The third-order valence-electron chi connectivity index (χ3n) is 3.74. The average molecular weight is 374 g/mol. The maximum absolute atomic E-state index is 12.4. The summed E-state index contributed by atoms with van der Waals surface area (Å²) < 4.78 is 48.2. The topological polar surface area (TPSA) is 67.8 Å². The van der Waals surface area contributed by atoms with Gasteiger partial charge in [0.25, 0.3) is 0 Å². The van der Waals surface area contributed by atoms with Crippen LogP contribution in [0.15, 0.2) is 23.3 Å². The summed E-state index contributed by atoms with van der Waals surface area (Å²) in [4.78, 5) is 7.73. The summed E-state index contributed by atoms with van der Waals surface area (Å²) in [6.45, 7) is 3.03. The zero-order valence-electron chi connectivity index (χ0n) is 14.8. The van der Waals surface area contributed by atoms with Crippen LogP contribution in [0, 0.1) is 5.92 Å². The Morgan fingerprint density at radius 2 is 2.00 bits per heavy atom. The van der Waals surface area contributed by atoms with Crippen LogP contribution in [0.3, 0.4) is 0 Å². The summed E-state index contributed by atoms with van der Waals surface area (Å²) in [7, 11) is 1.66. The second-order valence-electron chi connectivity index (χ2n) is 6.03. The fraction of sp³-hybridized carbons (Fsp3) is 0.647. The molecule has 0 unspecified atom stereocenters. The molecule has 1 aromatic rings. The Hall–Kier alpha value is -2.03. The molecule has 1 saturated carbocycles. The normalized spacial score (nSPS) is 15.0. The second kappa shape index (κ2) is 10.2. The molecule has 1 fully saturated rings. The summed E-state index contributed by atoms with van der Waals surface area (Å²) in [5.74, 6) is 1.56. The molecule has 0 aliphatic heterocycles. The Labute approximate surface area is 151 Å². The van der Waals surface area contributed by atoms with Crippen LogP contribution in [0.4, 0.5) is 13.2 Å². The first kappa shape index (κ1) is 20.3. The molecule has 1 aliphatic rings. The van der Waals surface area contributed by atoms with Crippen molar-refractivity contribution in [1.82, 2.24) is 15.6 Å². The molecule has 146 valence electrons. The molecule has 2 rings (SSSR count). The number of halogens is 3. The highest BCUT2D eigenvalue weighted by Gasteiger charge is 2.30. The molecule has 0 aromatic carbocycles. The Morgan fingerprint density at radius 1 is 1.23 bits per heavy atom. The van der Waals surface area contributed by atoms with E-state index < -0.39 is 11.7 Å². The fourth-order valence-corrected chi connectivity index (χ4v) is 2.09. The van der Waals surface area contributed by atoms with Gasteiger partial charge in [-0.3, -0.25) is 4.99 Å². The van der Waals surface area contributed by atoms with Gasteiger partial charge in [-0.2, -0.15) is 13.2 Å². The van der Waals surface area contributed by atoms with Gasteiger partial charge in [0.1, 0.15) is 6.61 Å². The predicted molar refractivity (Wildman–Crippen MR) is 92.3 cm³/mol. The molecule has 6 nitrogen and oxygen atoms in total. The van der Waals surface area contributed by atoms with Crippen molar-refractivity contribution in [3.63, 3.8) is 0 Å². The van der Waals surface area contributed by atoms with Gasteiger partial charge in [0, 0.05) is 39.1 Å². The average Bonchev–Trinajstić information content (AvgIpc) is 3.43. The molecule has 0 spiro atoms. The first-order valence-electron chi connectivity index (χ1n) is 8.67. The summed E-state index contributed by atoms with van der Waals surface area (Å²) in [6, 6.07) is 2.15. The van der Waals surface area contributed by atoms with E-state index in [4.69, 9.17) is 9.47 Å². The number of hydrogen-bond acceptors (Lipinski definition) is 4. The Bertz CT molecular complexity index is 560. The van der Waals surface area contributed by atoms with Crippen molar-refractivity contribution >= 4 is 5.96 Å². The summed E-state index contributed by atoms with van der Waals surface area (Å²) >= 11 is 0. The van der Waals surface area contributed by atoms with E-state index in [-0.39, 0.29) is 12.5 Å². The Balaban J connectivity index is 1.54. The first-order chi connectivity index (χ1) is 12.5. The van der Waals surface area contributed by atoms with Crippen LogP contribution in [0.2, 0.25) is 0 Å². The lowest BCUT2D eigenvalue weighted by atomic mass is 10.3. The van der Waals surface area contributed by atoms with Gasteiger partial charge < -0.3 is 20.1 Å². The van der Waals surface area contributed by atoms with Gasteiger partial charge in [0.2, 0.25) is 5.88 Å². The minimum absolute atomic E-state index is 0.149. The number of nitrogens with one attached hydrogen (secondary N) is 2. The van der Waals surface area contributed by atoms with E-state index in [0.717, 1.165) is 44.4 Å². The SMILES string of the molecule is CN=C(NCCCOCC1CC1)NCCOc1ccc(C(F)(F)F)cn1. The quantitative estimate of drug-likeness (QED) is 0.374. The number of aromatic nitrogens is 1. The third kappa shape index (κ3) is 7.90. The molecule has 1 aromatic heterocycles. The van der Waals surface area contributed by atoms with E-state index in [1.807, 2.05) is 0 Å². The largest absolute Gasteiger partial charge is 0.476 e. The van der Waals surface area contributed by atoms with Gasteiger partial charge in [-0.15, -0.1) is 0 Å². The van der Waals surface area contributed by atoms with Crippen LogP contribution in [-0.4, -0.2) is 50.9 Å². The van der Waals surface area contributed by atoms with Gasteiger partial charge in [0.05, 0.1) is 12.1 Å². The van der Waals surface area contributed by atoms with Crippen molar-refractivity contribution in [2.75, 3.05) is 40.0 Å². The van der Waals surface area contributed by atoms with Gasteiger partial charge in [-0.05, 0) is 31.2 Å². The standard InChI is InChI=1S/C17H25F3N4O2/c1-21-16(22-7-2-9-25-12-13-3-4-13)23-8-10-26-15-6-5-14(11-24-15)17(18,19)20/h5-6,11,13H,2-4,7-10,12H2,1H3,(H2,21,22,23). The minimum atomic E-state index is -4.39. The van der Waals surface area contributed by atoms with Crippen LogP contribution in [0.1, 0.15) is 24.8 Å². The van der Waals surface area contributed by atoms with Crippen molar-refractivity contribution in [2.24, 2.45) is 10.9 Å². The van der Waals surface area contributed by atoms with Crippen molar-refractivity contribution < 1.29 is 22.6 Å². The lowest BCUT2D eigenvalue weighted by molar-refractivity contribution is -0.137. The Kier molecular flexibility index (Phi) is 7.96. The molecule has 9 heteroatoms. The monoisotopic (exact) mass is 374 g/mol. The van der Waals surface area contributed by atoms with Crippen LogP contribution in [0.5, 0.6) is 5.88 Å². The lowest BCUT2D eigenvalue weighted by Gasteiger charge is -2.12. The number of ether oxygens (including phenoxy) is 2. The number of aliphatic imine (C=N–C) groups is 1. The highest BCUT2D eigenvalue weighted by atomic mass is 19.4. The summed E-state index contributed by atoms with van der Waals surface area (Å²) in [5, 5.41) is 6.22. The third-order valence-corrected chi connectivity index (χ3v) is 3.74. The summed E-state index contributed by atoms with van der Waals surface area (Å²) in [6.07, 6.45) is -0.167. The van der Waals surface area contributed by atoms with E-state index >= 15 is 0 Å². The minimum Gasteiger partial charge on any atom is -0.476 e. The van der Waals surface area contributed by atoms with Crippen molar-refractivity contribution in [2.45, 2.75) is 25.4 Å². The highest BCUT2D eigenvalue weighted by Crippen LogP contribution is 2.29. The number of nitrogens with zero attached hydrogens (tertiary/aromatic N) is 2. The number of alkyl halides is 3. The number of rotatable bonds is 10. The van der Waals surface area contributed by atoms with Gasteiger partial charge in [-0.25, -0.2) is 4.98 Å². The van der Waals surface area contributed by atoms with Gasteiger partial charge >= 0.3 is 6.18 Å². The predicted octanol–water partition coefficient (Wildman–Crippen LogP) is 2.46. The van der Waals surface area contributed by atoms with Crippen LogP contribution >= 0.6 is 0 Å². The molecule has 0 atom stereocenters. The molecule has 0 bridgehead atoms. The second-order valence-corrected chi connectivity index (χ2v) is 6.03. The maximum atomic E-state index is 12.4. The Morgan fingerprint density at radius 3 is 2.62 bits per heavy atom. The number of guanidine groups is 1. The van der Waals surface area contributed by atoms with E-state index in [9.17, 15) is 13.2 Å². The molecule has 0 saturated heterocycles. The lowest BCUT2D eigenvalue weighted by Crippen LogP contribution is -2.39. The van der Waals surface area contributed by atoms with Crippen molar-refractivity contribution in [3.05, 3.63) is 23.9 Å². The molecule has 2 N–H and O–H groups in total. The summed E-state index contributed by atoms with van der Waals surface area (Å²) in [5.41, 5.74) is -0.798. The molecule has 1 aliphatic carbocycles. The zero-order chi connectivity index (χ0) is 18.8. The molecule has 26 heavy (non-hydrogen) atoms. The van der Waals surface area contributed by atoms with Crippen molar-refractivity contribution in [1.29, 1.82) is 0 Å². The molecular weight excluding hydrogens is 349 g/mol. The maximum Gasteiger partial charge on any atom is 0.417 e. The fourth-order valence-electron chi connectivity index (χ4n) is 2.09. The molecular formula is C17H25F3N4O2. The van der Waals surface area contributed by atoms with Crippen LogP contribution in [-0.2, 0) is 10.9 Å². The van der Waals surface area contributed by atoms with E-state index in [0.29, 0.717) is 12.5 Å². The smallest absolute Gasteiger partial charge is 0.417 e. The molecule has 1 heterocycles. The van der Waals surface area contributed by atoms with Gasteiger partial charge in [-0.1, -0.05) is 0 Å². The molecule has 0 amide bonds. The van der Waals surface area contributed by atoms with E-state index in [1.54, 1.807) is 7.05 Å². The van der Waals surface area contributed by atoms with Crippen LogP contribution < -0.4 is 15.4 Å². The van der Waals surface area contributed by atoms with Gasteiger partial charge in [0.15, 0.2) is 5.96 Å². The first-order valence-corrected chi connectivity index (χ1v) is 8.67. The molecule has 0 radical (unpaired) electrons. The zero-order valence-corrected chi connectivity index (χ0v) is 14.8. The van der Waals surface area contributed by atoms with Crippen LogP contribution in [0.25, 0.3) is 0 Å². The van der Waals surface area contributed by atoms with E-state index in [2.05, 4.69) is 20.6 Å². The highest BCUT2D eigenvalue weighted by molar-refractivity contribution is 5.79. The number of hydrogen-bond donors (Lipinski definition) is 2. The van der Waals surface area contributed by atoms with Crippen molar-refractivity contribution in [3.8, 4) is 5.88 Å². The number of pyridine rings is 1. The van der Waals surface area contributed by atoms with E-state index in [1.165, 1.54) is 18.9 Å².